The Hall–Kier alpha value is -2.94. The first kappa shape index (κ1) is 10.8. The molecular weight excluding hydrogens is 262 g/mol. The van der Waals surface area contributed by atoms with Crippen LogP contribution in [0.25, 0.3) is 21.8 Å². The molecule has 1 aliphatic rings. The molecule has 0 atom stereocenters. The van der Waals surface area contributed by atoms with Gasteiger partial charge < -0.3 is 14.5 Å². The Bertz CT molecular complexity index is 1000. The molecule has 0 saturated heterocycles. The van der Waals surface area contributed by atoms with Gasteiger partial charge in [0, 0.05) is 10.9 Å². The van der Waals surface area contributed by atoms with Crippen LogP contribution in [0, 0.1) is 0 Å². The first-order chi connectivity index (χ1) is 10.4. The van der Waals surface area contributed by atoms with Crippen LogP contribution in [-0.2, 0) is 0 Å². The van der Waals surface area contributed by atoms with Crippen LogP contribution in [0.2, 0.25) is 0 Å². The minimum absolute atomic E-state index is 0.753. The third kappa shape index (κ3) is 1.43. The molecule has 0 spiro atoms. The molecule has 3 aromatic carbocycles. The van der Waals surface area contributed by atoms with Gasteiger partial charge in [0.1, 0.15) is 0 Å². The molecule has 1 aromatic heterocycles. The van der Waals surface area contributed by atoms with E-state index in [0.29, 0.717) is 0 Å². The topological polar surface area (TPSA) is 34.2 Å². The molecule has 0 radical (unpaired) electrons. The summed E-state index contributed by atoms with van der Waals surface area (Å²) in [6, 6.07) is 19.9. The minimum atomic E-state index is 0.753. The molecule has 4 aromatic rings. The number of ether oxygens (including phenoxy) is 2. The van der Waals surface area contributed by atoms with E-state index >= 15 is 0 Å². The van der Waals surface area contributed by atoms with Crippen molar-refractivity contribution in [3.05, 3.63) is 60.7 Å². The van der Waals surface area contributed by atoms with Crippen LogP contribution < -0.4 is 9.47 Å². The Morgan fingerprint density at radius 2 is 1.38 bits per heavy atom. The van der Waals surface area contributed by atoms with Crippen LogP contribution >= 0.6 is 0 Å². The van der Waals surface area contributed by atoms with E-state index in [1.807, 2.05) is 48.5 Å². The predicted molar refractivity (Wildman–Crippen MR) is 82.4 cm³/mol. The van der Waals surface area contributed by atoms with Crippen molar-refractivity contribution in [2.24, 2.45) is 0 Å². The smallest absolute Gasteiger partial charge is 0.180 e. The molecule has 3 nitrogen and oxygen atoms in total. The zero-order chi connectivity index (χ0) is 13.8. The van der Waals surface area contributed by atoms with Crippen molar-refractivity contribution < 1.29 is 9.47 Å². The Morgan fingerprint density at radius 1 is 0.619 bits per heavy atom. The molecule has 0 unspecified atom stereocenters. The third-order valence-corrected chi connectivity index (χ3v) is 3.87. The van der Waals surface area contributed by atoms with E-state index in [9.17, 15) is 0 Å². The van der Waals surface area contributed by atoms with Crippen molar-refractivity contribution in [2.75, 3.05) is 0 Å². The van der Waals surface area contributed by atoms with E-state index in [1.165, 1.54) is 0 Å². The number of para-hydroxylation sites is 3. The molecule has 5 rings (SSSR count). The summed E-state index contributed by atoms with van der Waals surface area (Å²) in [5.41, 5.74) is 2.15. The van der Waals surface area contributed by atoms with Gasteiger partial charge in [-0.1, -0.05) is 30.3 Å². The van der Waals surface area contributed by atoms with Gasteiger partial charge in [0.25, 0.3) is 0 Å². The maximum absolute atomic E-state index is 6.11. The molecular formula is C18H11NO2. The summed E-state index contributed by atoms with van der Waals surface area (Å²) in [6.07, 6.45) is 0. The van der Waals surface area contributed by atoms with Gasteiger partial charge in [0.05, 0.1) is 10.9 Å². The van der Waals surface area contributed by atoms with Crippen molar-refractivity contribution >= 4 is 21.8 Å². The summed E-state index contributed by atoms with van der Waals surface area (Å²) in [5.74, 6) is 3.04. The minimum Gasteiger partial charge on any atom is -0.449 e. The van der Waals surface area contributed by atoms with Gasteiger partial charge in [0.2, 0.25) is 0 Å². The number of rotatable bonds is 0. The maximum atomic E-state index is 6.11. The maximum Gasteiger partial charge on any atom is 0.180 e. The number of hydrogen-bond acceptors (Lipinski definition) is 2. The second kappa shape index (κ2) is 3.79. The monoisotopic (exact) mass is 273 g/mol. The van der Waals surface area contributed by atoms with Crippen molar-refractivity contribution in [2.45, 2.75) is 0 Å². The lowest BCUT2D eigenvalue weighted by atomic mass is 10.1. The van der Waals surface area contributed by atoms with Crippen LogP contribution in [0.3, 0.4) is 0 Å². The predicted octanol–water partition coefficient (Wildman–Crippen LogP) is 5.22. The number of benzene rings is 3. The zero-order valence-electron chi connectivity index (χ0n) is 11.1. The molecule has 1 aliphatic heterocycles. The quantitative estimate of drug-likeness (QED) is 0.420. The van der Waals surface area contributed by atoms with E-state index < -0.39 is 0 Å². The Labute approximate surface area is 120 Å². The molecule has 0 amide bonds. The van der Waals surface area contributed by atoms with E-state index in [-0.39, 0.29) is 0 Å². The van der Waals surface area contributed by atoms with Gasteiger partial charge in [-0.25, -0.2) is 0 Å². The molecule has 1 N–H and O–H groups in total. The molecule has 0 fully saturated rings. The first-order valence-corrected chi connectivity index (χ1v) is 6.88. The molecule has 100 valence electrons. The Balaban J connectivity index is 1.86. The second-order valence-corrected chi connectivity index (χ2v) is 5.14. The SMILES string of the molecule is c1ccc2c(c1)Oc1ccc3[nH]c4ccccc4c3c1O2. The molecule has 0 bridgehead atoms. The summed E-state index contributed by atoms with van der Waals surface area (Å²) in [6.45, 7) is 0. The van der Waals surface area contributed by atoms with Crippen molar-refractivity contribution in [3.8, 4) is 23.0 Å². The average Bonchev–Trinajstić information content (AvgIpc) is 2.92. The van der Waals surface area contributed by atoms with Crippen LogP contribution in [-0.4, -0.2) is 4.98 Å². The van der Waals surface area contributed by atoms with Gasteiger partial charge in [0.15, 0.2) is 23.0 Å². The van der Waals surface area contributed by atoms with Crippen LogP contribution in [0.15, 0.2) is 60.7 Å². The number of fused-ring (bicyclic) bond motifs is 6. The fourth-order valence-corrected chi connectivity index (χ4v) is 2.92. The van der Waals surface area contributed by atoms with E-state index in [2.05, 4.69) is 17.1 Å². The summed E-state index contributed by atoms with van der Waals surface area (Å²) in [7, 11) is 0. The van der Waals surface area contributed by atoms with E-state index in [4.69, 9.17) is 9.47 Å². The first-order valence-electron chi connectivity index (χ1n) is 6.88. The molecule has 0 saturated carbocycles. The summed E-state index contributed by atoms with van der Waals surface area (Å²) < 4.78 is 12.1. The van der Waals surface area contributed by atoms with Crippen molar-refractivity contribution in [1.82, 2.24) is 4.98 Å². The highest BCUT2D eigenvalue weighted by Gasteiger charge is 2.22. The van der Waals surface area contributed by atoms with Crippen molar-refractivity contribution in [3.63, 3.8) is 0 Å². The summed E-state index contributed by atoms with van der Waals surface area (Å²) >= 11 is 0. The number of aromatic amines is 1. The highest BCUT2D eigenvalue weighted by Crippen LogP contribution is 2.49. The number of hydrogen-bond donors (Lipinski definition) is 1. The van der Waals surface area contributed by atoms with Gasteiger partial charge >= 0.3 is 0 Å². The summed E-state index contributed by atoms with van der Waals surface area (Å²) in [4.78, 5) is 3.42. The third-order valence-electron chi connectivity index (χ3n) is 3.87. The normalized spacial score (nSPS) is 12.6. The van der Waals surface area contributed by atoms with E-state index in [0.717, 1.165) is 44.8 Å². The highest BCUT2D eigenvalue weighted by molar-refractivity contribution is 6.11. The number of nitrogens with one attached hydrogen (secondary N) is 1. The zero-order valence-corrected chi connectivity index (χ0v) is 11.1. The highest BCUT2D eigenvalue weighted by atomic mass is 16.6. The van der Waals surface area contributed by atoms with Gasteiger partial charge in [-0.3, -0.25) is 0 Å². The average molecular weight is 273 g/mol. The molecule has 21 heavy (non-hydrogen) atoms. The summed E-state index contributed by atoms with van der Waals surface area (Å²) in [5, 5.41) is 2.21. The second-order valence-electron chi connectivity index (χ2n) is 5.14. The lowest BCUT2D eigenvalue weighted by molar-refractivity contribution is 0.363. The van der Waals surface area contributed by atoms with Crippen molar-refractivity contribution in [1.29, 1.82) is 0 Å². The van der Waals surface area contributed by atoms with E-state index in [1.54, 1.807) is 0 Å². The lowest BCUT2D eigenvalue weighted by Gasteiger charge is -2.21. The van der Waals surface area contributed by atoms with Gasteiger partial charge in [-0.05, 0) is 30.3 Å². The molecule has 3 heteroatoms. The number of H-pyrrole nitrogens is 1. The molecule has 0 aliphatic carbocycles. The van der Waals surface area contributed by atoms with Gasteiger partial charge in [-0.2, -0.15) is 0 Å². The molecule has 2 heterocycles. The lowest BCUT2D eigenvalue weighted by Crippen LogP contribution is -1.98. The van der Waals surface area contributed by atoms with Crippen LogP contribution in [0.1, 0.15) is 0 Å². The number of aromatic nitrogens is 1. The standard InChI is InChI=1S/C18H11NO2/c1-2-6-12-11(5-1)17-13(19-12)9-10-16-18(17)21-15-8-4-3-7-14(15)20-16/h1-10,19H. The largest absolute Gasteiger partial charge is 0.449 e. The Kier molecular flexibility index (Phi) is 1.95. The Morgan fingerprint density at radius 3 is 2.29 bits per heavy atom. The fraction of sp³-hybridized carbons (Fsp3) is 0. The van der Waals surface area contributed by atoms with Gasteiger partial charge in [-0.15, -0.1) is 0 Å². The van der Waals surface area contributed by atoms with Crippen LogP contribution in [0.4, 0.5) is 0 Å². The fourth-order valence-electron chi connectivity index (χ4n) is 2.92. The van der Waals surface area contributed by atoms with Crippen LogP contribution in [0.5, 0.6) is 23.0 Å².